The molecule has 0 radical (unpaired) electrons. The van der Waals surface area contributed by atoms with Crippen LogP contribution in [0.3, 0.4) is 0 Å². The first-order valence-electron chi connectivity index (χ1n) is 8.46. The second-order valence-corrected chi connectivity index (χ2v) is 5.83. The number of aromatic nitrogens is 2. The van der Waals surface area contributed by atoms with Crippen molar-refractivity contribution >= 4 is 12.2 Å². The van der Waals surface area contributed by atoms with Crippen LogP contribution in [-0.2, 0) is 11.3 Å². The molecule has 1 aromatic carbocycles. The number of rotatable bonds is 6. The number of aliphatic imine (C=N–C) groups is 1. The summed E-state index contributed by atoms with van der Waals surface area (Å²) in [6, 6.07) is 6.25. The van der Waals surface area contributed by atoms with Gasteiger partial charge in [-0.2, -0.15) is 0 Å². The van der Waals surface area contributed by atoms with Crippen molar-refractivity contribution in [2.75, 3.05) is 13.7 Å². The Hall–Kier alpha value is -3.02. The van der Waals surface area contributed by atoms with Gasteiger partial charge in [-0.15, -0.1) is 0 Å². The summed E-state index contributed by atoms with van der Waals surface area (Å²) in [4.78, 5) is 15.5. The van der Waals surface area contributed by atoms with Crippen LogP contribution < -0.4 is 0 Å². The molecule has 0 atom stereocenters. The Balaban J connectivity index is 1.66. The highest BCUT2D eigenvalue weighted by Gasteiger charge is 2.15. The lowest BCUT2D eigenvalue weighted by Crippen LogP contribution is -2.25. The Morgan fingerprint density at radius 1 is 1.31 bits per heavy atom. The number of benzene rings is 1. The zero-order valence-corrected chi connectivity index (χ0v) is 14.9. The second kappa shape index (κ2) is 8.38. The van der Waals surface area contributed by atoms with Gasteiger partial charge in [-0.1, -0.05) is 6.08 Å². The van der Waals surface area contributed by atoms with Gasteiger partial charge in [0.1, 0.15) is 17.3 Å². The number of hydrogen-bond donors (Lipinski definition) is 0. The molecule has 0 bridgehead atoms. The molecule has 0 N–H and O–H groups in total. The van der Waals surface area contributed by atoms with E-state index in [0.717, 1.165) is 35.7 Å². The summed E-state index contributed by atoms with van der Waals surface area (Å²) in [5.74, 6) is 1.22. The molecule has 3 rings (SSSR count). The van der Waals surface area contributed by atoms with Gasteiger partial charge in [-0.05, 0) is 49.8 Å². The van der Waals surface area contributed by atoms with Gasteiger partial charge < -0.3 is 9.64 Å². The molecule has 0 fully saturated rings. The van der Waals surface area contributed by atoms with E-state index in [4.69, 9.17) is 4.74 Å². The van der Waals surface area contributed by atoms with Crippen LogP contribution in [0.4, 0.5) is 10.2 Å². The van der Waals surface area contributed by atoms with Crippen LogP contribution in [0.5, 0.6) is 0 Å². The van der Waals surface area contributed by atoms with Gasteiger partial charge in [0.2, 0.25) is 0 Å². The van der Waals surface area contributed by atoms with Crippen molar-refractivity contribution in [3.8, 4) is 11.3 Å². The fourth-order valence-corrected chi connectivity index (χ4v) is 2.62. The van der Waals surface area contributed by atoms with Crippen molar-refractivity contribution < 1.29 is 9.13 Å². The van der Waals surface area contributed by atoms with Crippen molar-refractivity contribution in [3.05, 3.63) is 66.0 Å². The zero-order chi connectivity index (χ0) is 18.4. The number of halogens is 1. The third kappa shape index (κ3) is 4.33. The lowest BCUT2D eigenvalue weighted by Gasteiger charge is -2.22. The first-order chi connectivity index (χ1) is 12.7. The molecular formula is C20H21FN4O. The van der Waals surface area contributed by atoms with Crippen LogP contribution in [0.25, 0.3) is 11.3 Å². The van der Waals surface area contributed by atoms with Crippen molar-refractivity contribution in [2.45, 2.75) is 19.9 Å². The Kier molecular flexibility index (Phi) is 5.73. The SMILES string of the molecule is C/C=C(\C=C/CCN1C=Nc2ncc(-c3ccc(F)cc3)nc2C1)OC. The summed E-state index contributed by atoms with van der Waals surface area (Å²) in [6.07, 6.45) is 10.3. The van der Waals surface area contributed by atoms with Gasteiger partial charge in [-0.3, -0.25) is 0 Å². The van der Waals surface area contributed by atoms with Crippen LogP contribution in [0.15, 0.2) is 59.4 Å². The monoisotopic (exact) mass is 352 g/mol. The van der Waals surface area contributed by atoms with Gasteiger partial charge in [0, 0.05) is 12.1 Å². The fraction of sp³-hybridized carbons (Fsp3) is 0.250. The first-order valence-corrected chi connectivity index (χ1v) is 8.46. The predicted molar refractivity (Wildman–Crippen MR) is 101 cm³/mol. The molecule has 1 aliphatic rings. The number of hydrogen-bond acceptors (Lipinski definition) is 5. The molecule has 2 aromatic rings. The van der Waals surface area contributed by atoms with Gasteiger partial charge in [-0.25, -0.2) is 19.4 Å². The highest BCUT2D eigenvalue weighted by Crippen LogP contribution is 2.24. The third-order valence-electron chi connectivity index (χ3n) is 4.04. The van der Waals surface area contributed by atoms with E-state index in [2.05, 4.69) is 25.9 Å². The van der Waals surface area contributed by atoms with Crippen molar-refractivity contribution in [2.24, 2.45) is 4.99 Å². The van der Waals surface area contributed by atoms with Gasteiger partial charge in [0.05, 0.1) is 31.9 Å². The standard InChI is InChI=1S/C20H21FN4O/c1-3-17(26-2)6-4-5-11-25-13-19-20(23-14-25)22-12-18(24-19)15-7-9-16(21)10-8-15/h3-4,6-10,12,14H,5,11,13H2,1-2H3/b6-4-,17-3+. The lowest BCUT2D eigenvalue weighted by atomic mass is 10.1. The summed E-state index contributed by atoms with van der Waals surface area (Å²) in [5.41, 5.74) is 2.38. The average molecular weight is 352 g/mol. The summed E-state index contributed by atoms with van der Waals surface area (Å²) in [6.45, 7) is 3.41. The summed E-state index contributed by atoms with van der Waals surface area (Å²) < 4.78 is 18.3. The maximum atomic E-state index is 13.1. The fourth-order valence-electron chi connectivity index (χ4n) is 2.62. The molecule has 1 aliphatic heterocycles. The molecule has 5 nitrogen and oxygen atoms in total. The summed E-state index contributed by atoms with van der Waals surface area (Å²) in [5, 5.41) is 0. The molecule has 0 amide bonds. The topological polar surface area (TPSA) is 50.6 Å². The smallest absolute Gasteiger partial charge is 0.177 e. The van der Waals surface area contributed by atoms with E-state index in [9.17, 15) is 4.39 Å². The van der Waals surface area contributed by atoms with E-state index in [-0.39, 0.29) is 5.82 Å². The first kappa shape index (κ1) is 17.8. The molecule has 1 aromatic heterocycles. The molecule has 0 saturated heterocycles. The van der Waals surface area contributed by atoms with E-state index in [1.807, 2.05) is 19.1 Å². The molecular weight excluding hydrogens is 331 g/mol. The van der Waals surface area contributed by atoms with Crippen LogP contribution in [-0.4, -0.2) is 34.9 Å². The summed E-state index contributed by atoms with van der Waals surface area (Å²) in [7, 11) is 1.66. The maximum absolute atomic E-state index is 13.1. The molecule has 0 spiro atoms. The average Bonchev–Trinajstić information content (AvgIpc) is 2.68. The molecule has 0 unspecified atom stereocenters. The highest BCUT2D eigenvalue weighted by atomic mass is 19.1. The molecule has 2 heterocycles. The van der Waals surface area contributed by atoms with Crippen LogP contribution in [0.1, 0.15) is 19.0 Å². The van der Waals surface area contributed by atoms with Crippen LogP contribution >= 0.6 is 0 Å². The van der Waals surface area contributed by atoms with Crippen molar-refractivity contribution in [1.82, 2.24) is 14.9 Å². The normalized spacial score (nSPS) is 14.0. The minimum absolute atomic E-state index is 0.266. The van der Waals surface area contributed by atoms with Gasteiger partial charge in [0.15, 0.2) is 5.82 Å². The van der Waals surface area contributed by atoms with Crippen molar-refractivity contribution in [3.63, 3.8) is 0 Å². The largest absolute Gasteiger partial charge is 0.497 e. The lowest BCUT2D eigenvalue weighted by molar-refractivity contribution is 0.306. The quantitative estimate of drug-likeness (QED) is 0.576. The van der Waals surface area contributed by atoms with E-state index >= 15 is 0 Å². The minimum atomic E-state index is -0.266. The van der Waals surface area contributed by atoms with E-state index in [0.29, 0.717) is 12.4 Å². The highest BCUT2D eigenvalue weighted by molar-refractivity contribution is 5.66. The molecule has 0 saturated carbocycles. The number of allylic oxidation sites excluding steroid dienone is 2. The van der Waals surface area contributed by atoms with E-state index in [1.165, 1.54) is 12.1 Å². The van der Waals surface area contributed by atoms with E-state index in [1.54, 1.807) is 31.8 Å². The molecule has 6 heteroatoms. The Morgan fingerprint density at radius 3 is 2.85 bits per heavy atom. The van der Waals surface area contributed by atoms with Crippen LogP contribution in [0, 0.1) is 5.82 Å². The molecule has 26 heavy (non-hydrogen) atoms. The number of ether oxygens (including phenoxy) is 1. The van der Waals surface area contributed by atoms with Crippen LogP contribution in [0.2, 0.25) is 0 Å². The third-order valence-corrected chi connectivity index (χ3v) is 4.04. The minimum Gasteiger partial charge on any atom is -0.497 e. The Labute approximate surface area is 152 Å². The predicted octanol–water partition coefficient (Wildman–Crippen LogP) is 4.25. The second-order valence-electron chi connectivity index (χ2n) is 5.83. The number of fused-ring (bicyclic) bond motifs is 1. The zero-order valence-electron chi connectivity index (χ0n) is 14.9. The Morgan fingerprint density at radius 2 is 2.12 bits per heavy atom. The molecule has 134 valence electrons. The summed E-state index contributed by atoms with van der Waals surface area (Å²) >= 11 is 0. The van der Waals surface area contributed by atoms with Gasteiger partial charge in [0.25, 0.3) is 0 Å². The van der Waals surface area contributed by atoms with E-state index < -0.39 is 0 Å². The maximum Gasteiger partial charge on any atom is 0.177 e. The van der Waals surface area contributed by atoms with Gasteiger partial charge >= 0.3 is 0 Å². The molecule has 0 aliphatic carbocycles. The Bertz CT molecular complexity index is 843. The number of nitrogens with zero attached hydrogens (tertiary/aromatic N) is 4. The number of methoxy groups -OCH3 is 1. The van der Waals surface area contributed by atoms with Crippen molar-refractivity contribution in [1.29, 1.82) is 0 Å².